The molecule has 0 aliphatic heterocycles. The molecule has 3 nitrogen and oxygen atoms in total. The molecule has 0 saturated carbocycles. The minimum atomic E-state index is -0.0537. The number of ketones is 1. The van der Waals surface area contributed by atoms with E-state index in [-0.39, 0.29) is 5.78 Å². The molecule has 0 aromatic heterocycles. The topological polar surface area (TPSA) is 35.5 Å². The van der Waals surface area contributed by atoms with Crippen LogP contribution in [0.4, 0.5) is 0 Å². The van der Waals surface area contributed by atoms with E-state index in [9.17, 15) is 4.79 Å². The molecule has 0 radical (unpaired) electrons. The first-order valence-corrected chi connectivity index (χ1v) is 6.41. The Morgan fingerprint density at radius 2 is 1.70 bits per heavy atom. The number of para-hydroxylation sites is 1. The summed E-state index contributed by atoms with van der Waals surface area (Å²) in [7, 11) is 3.10. The molecule has 0 amide bonds. The van der Waals surface area contributed by atoms with Gasteiger partial charge in [-0.25, -0.2) is 0 Å². The first-order valence-electron chi connectivity index (χ1n) is 6.41. The summed E-state index contributed by atoms with van der Waals surface area (Å²) < 4.78 is 10.6. The zero-order valence-corrected chi connectivity index (χ0v) is 12.2. The van der Waals surface area contributed by atoms with Crippen molar-refractivity contribution in [1.29, 1.82) is 0 Å². The van der Waals surface area contributed by atoms with Crippen LogP contribution in [0.3, 0.4) is 0 Å². The molecule has 2 aromatic rings. The predicted octanol–water partition coefficient (Wildman–Crippen LogP) is 3.55. The molecule has 2 aromatic carbocycles. The highest BCUT2D eigenvalue weighted by Gasteiger charge is 2.19. The Morgan fingerprint density at radius 1 is 0.950 bits per heavy atom. The number of carbonyl (C=O) groups is 1. The van der Waals surface area contributed by atoms with Gasteiger partial charge in [-0.15, -0.1) is 0 Å². The molecule has 104 valence electrons. The summed E-state index contributed by atoms with van der Waals surface area (Å²) in [5.41, 5.74) is 3.21. The lowest BCUT2D eigenvalue weighted by Crippen LogP contribution is -2.07. The van der Waals surface area contributed by atoms with Crippen molar-refractivity contribution in [3.05, 3.63) is 58.7 Å². The molecular formula is C17H18O3. The third-order valence-corrected chi connectivity index (χ3v) is 3.29. The van der Waals surface area contributed by atoms with Gasteiger partial charge in [0.1, 0.15) is 0 Å². The fraction of sp³-hybridized carbons (Fsp3) is 0.235. The molecule has 2 rings (SSSR count). The lowest BCUT2D eigenvalue weighted by Gasteiger charge is -2.13. The summed E-state index contributed by atoms with van der Waals surface area (Å²) in [6, 6.07) is 11.2. The van der Waals surface area contributed by atoms with Gasteiger partial charge in [0.15, 0.2) is 17.3 Å². The van der Waals surface area contributed by atoms with E-state index in [1.807, 2.05) is 32.0 Å². The Hall–Kier alpha value is -2.29. The molecule has 0 unspecified atom stereocenters. The van der Waals surface area contributed by atoms with Crippen LogP contribution in [0, 0.1) is 13.8 Å². The Balaban J connectivity index is 2.56. The number of rotatable bonds is 4. The zero-order chi connectivity index (χ0) is 14.7. The quantitative estimate of drug-likeness (QED) is 0.797. The Morgan fingerprint density at radius 3 is 2.35 bits per heavy atom. The van der Waals surface area contributed by atoms with E-state index >= 15 is 0 Å². The van der Waals surface area contributed by atoms with E-state index in [2.05, 4.69) is 0 Å². The van der Waals surface area contributed by atoms with Gasteiger partial charge >= 0.3 is 0 Å². The number of methoxy groups -OCH3 is 2. The minimum absolute atomic E-state index is 0.0537. The largest absolute Gasteiger partial charge is 0.493 e. The van der Waals surface area contributed by atoms with E-state index in [1.54, 1.807) is 25.3 Å². The average molecular weight is 270 g/mol. The third-order valence-electron chi connectivity index (χ3n) is 3.29. The lowest BCUT2D eigenvalue weighted by atomic mass is 9.96. The summed E-state index contributed by atoms with van der Waals surface area (Å²) in [5, 5.41) is 0. The van der Waals surface area contributed by atoms with E-state index in [0.29, 0.717) is 22.6 Å². The summed E-state index contributed by atoms with van der Waals surface area (Å²) >= 11 is 0. The van der Waals surface area contributed by atoms with Gasteiger partial charge in [-0.3, -0.25) is 4.79 Å². The number of aryl methyl sites for hydroxylation is 2. The molecule has 0 bridgehead atoms. The molecular weight excluding hydrogens is 252 g/mol. The number of benzene rings is 2. The van der Waals surface area contributed by atoms with E-state index in [4.69, 9.17) is 9.47 Å². The summed E-state index contributed by atoms with van der Waals surface area (Å²) in [6.07, 6.45) is 0. The number of carbonyl (C=O) groups excluding carboxylic acids is 1. The van der Waals surface area contributed by atoms with Gasteiger partial charge in [-0.05, 0) is 37.6 Å². The van der Waals surface area contributed by atoms with Crippen LogP contribution in [0.25, 0.3) is 0 Å². The SMILES string of the molecule is COc1cccc(C(=O)c2cc(C)ccc2C)c1OC. The summed E-state index contributed by atoms with van der Waals surface area (Å²) in [5.74, 6) is 0.978. The van der Waals surface area contributed by atoms with Crippen molar-refractivity contribution in [1.82, 2.24) is 0 Å². The highest BCUT2D eigenvalue weighted by Crippen LogP contribution is 2.32. The molecule has 0 N–H and O–H groups in total. The maximum absolute atomic E-state index is 12.7. The van der Waals surface area contributed by atoms with E-state index in [1.165, 1.54) is 7.11 Å². The second-order valence-corrected chi connectivity index (χ2v) is 4.69. The van der Waals surface area contributed by atoms with Crippen molar-refractivity contribution in [2.45, 2.75) is 13.8 Å². The second kappa shape index (κ2) is 5.78. The Labute approximate surface area is 119 Å². The molecule has 0 saturated heterocycles. The minimum Gasteiger partial charge on any atom is -0.493 e. The number of hydrogen-bond acceptors (Lipinski definition) is 3. The molecule has 0 atom stereocenters. The number of hydrogen-bond donors (Lipinski definition) is 0. The van der Waals surface area contributed by atoms with Crippen molar-refractivity contribution in [2.24, 2.45) is 0 Å². The predicted molar refractivity (Wildman–Crippen MR) is 78.9 cm³/mol. The fourth-order valence-corrected chi connectivity index (χ4v) is 2.19. The fourth-order valence-electron chi connectivity index (χ4n) is 2.19. The van der Waals surface area contributed by atoms with E-state index in [0.717, 1.165) is 11.1 Å². The van der Waals surface area contributed by atoms with Crippen LogP contribution in [0.5, 0.6) is 11.5 Å². The molecule has 3 heteroatoms. The zero-order valence-electron chi connectivity index (χ0n) is 12.2. The molecule has 0 aliphatic rings. The highest BCUT2D eigenvalue weighted by atomic mass is 16.5. The third kappa shape index (κ3) is 2.52. The maximum Gasteiger partial charge on any atom is 0.197 e. The Kier molecular flexibility index (Phi) is 4.08. The lowest BCUT2D eigenvalue weighted by molar-refractivity contribution is 0.103. The molecule has 0 aliphatic carbocycles. The molecule has 0 fully saturated rings. The monoisotopic (exact) mass is 270 g/mol. The average Bonchev–Trinajstić information content (AvgIpc) is 2.48. The van der Waals surface area contributed by atoms with Crippen LogP contribution in [-0.2, 0) is 0 Å². The van der Waals surface area contributed by atoms with Gasteiger partial charge < -0.3 is 9.47 Å². The van der Waals surface area contributed by atoms with Crippen molar-refractivity contribution in [2.75, 3.05) is 14.2 Å². The van der Waals surface area contributed by atoms with Crippen LogP contribution < -0.4 is 9.47 Å². The molecule has 0 spiro atoms. The van der Waals surface area contributed by atoms with Gasteiger partial charge in [-0.1, -0.05) is 23.8 Å². The summed E-state index contributed by atoms with van der Waals surface area (Å²) in [4.78, 5) is 12.7. The van der Waals surface area contributed by atoms with Crippen molar-refractivity contribution >= 4 is 5.78 Å². The van der Waals surface area contributed by atoms with Crippen molar-refractivity contribution in [3.8, 4) is 11.5 Å². The Bertz CT molecular complexity index is 645. The normalized spacial score (nSPS) is 10.2. The van der Waals surface area contributed by atoms with Crippen molar-refractivity contribution < 1.29 is 14.3 Å². The van der Waals surface area contributed by atoms with Crippen LogP contribution in [0.2, 0.25) is 0 Å². The van der Waals surface area contributed by atoms with Crippen molar-refractivity contribution in [3.63, 3.8) is 0 Å². The highest BCUT2D eigenvalue weighted by molar-refractivity contribution is 6.12. The smallest absolute Gasteiger partial charge is 0.197 e. The number of ether oxygens (including phenoxy) is 2. The van der Waals surface area contributed by atoms with Gasteiger partial charge in [0, 0.05) is 5.56 Å². The van der Waals surface area contributed by atoms with E-state index < -0.39 is 0 Å². The molecule has 20 heavy (non-hydrogen) atoms. The van der Waals surface area contributed by atoms with Gasteiger partial charge in [0.25, 0.3) is 0 Å². The summed E-state index contributed by atoms with van der Waals surface area (Å²) in [6.45, 7) is 3.90. The first kappa shape index (κ1) is 14.1. The van der Waals surface area contributed by atoms with Gasteiger partial charge in [0.05, 0.1) is 19.8 Å². The van der Waals surface area contributed by atoms with Gasteiger partial charge in [-0.2, -0.15) is 0 Å². The standard InChI is InChI=1S/C17H18O3/c1-11-8-9-12(2)14(10-11)16(18)13-6-5-7-15(19-3)17(13)20-4/h5-10H,1-4H3. The van der Waals surface area contributed by atoms with Crippen LogP contribution in [0.15, 0.2) is 36.4 Å². The van der Waals surface area contributed by atoms with Crippen LogP contribution >= 0.6 is 0 Å². The second-order valence-electron chi connectivity index (χ2n) is 4.69. The van der Waals surface area contributed by atoms with Crippen LogP contribution in [-0.4, -0.2) is 20.0 Å². The van der Waals surface area contributed by atoms with Crippen LogP contribution in [0.1, 0.15) is 27.0 Å². The first-order chi connectivity index (χ1) is 9.58. The maximum atomic E-state index is 12.7. The molecule has 0 heterocycles. The van der Waals surface area contributed by atoms with Gasteiger partial charge in [0.2, 0.25) is 0 Å².